The van der Waals surface area contributed by atoms with Crippen molar-refractivity contribution < 1.29 is 19.0 Å². The molecule has 3 atom stereocenters. The van der Waals surface area contributed by atoms with Gasteiger partial charge in [0.25, 0.3) is 0 Å². The number of ether oxygens (including phenoxy) is 2. The molecule has 4 nitrogen and oxygen atoms in total. The Morgan fingerprint density at radius 2 is 1.83 bits per heavy atom. The summed E-state index contributed by atoms with van der Waals surface area (Å²) in [6, 6.07) is 6.94. The molecule has 1 heterocycles. The average molecular weight is 325 g/mol. The highest BCUT2D eigenvalue weighted by Crippen LogP contribution is 2.22. The highest BCUT2D eigenvalue weighted by Gasteiger charge is 2.26. The highest BCUT2D eigenvalue weighted by atomic mass is 19.1. The van der Waals surface area contributed by atoms with Gasteiger partial charge in [-0.3, -0.25) is 4.90 Å². The third-order valence-electron chi connectivity index (χ3n) is 4.42. The molecular formula is C18H28FNO3. The maximum absolute atomic E-state index is 12.8. The Morgan fingerprint density at radius 3 is 2.48 bits per heavy atom. The highest BCUT2D eigenvalue weighted by molar-refractivity contribution is 5.21. The van der Waals surface area contributed by atoms with Crippen LogP contribution >= 0.6 is 0 Å². The number of aliphatic hydroxyl groups excluding tert-OH is 1. The van der Waals surface area contributed by atoms with Gasteiger partial charge < -0.3 is 14.6 Å². The van der Waals surface area contributed by atoms with Crippen molar-refractivity contribution in [2.75, 3.05) is 26.4 Å². The normalized spacial score (nSPS) is 23.7. The van der Waals surface area contributed by atoms with E-state index in [0.29, 0.717) is 44.2 Å². The zero-order valence-corrected chi connectivity index (χ0v) is 14.1. The summed E-state index contributed by atoms with van der Waals surface area (Å²) in [6.45, 7) is 6.19. The van der Waals surface area contributed by atoms with E-state index in [1.165, 1.54) is 31.4 Å². The molecule has 0 radical (unpaired) electrons. The fourth-order valence-electron chi connectivity index (χ4n) is 3.10. The van der Waals surface area contributed by atoms with Crippen LogP contribution in [0.2, 0.25) is 0 Å². The molecule has 23 heavy (non-hydrogen) atoms. The fraction of sp³-hybridized carbons (Fsp3) is 0.667. The lowest BCUT2D eigenvalue weighted by atomic mass is 9.97. The lowest BCUT2D eigenvalue weighted by Gasteiger charge is -2.40. The van der Waals surface area contributed by atoms with Crippen molar-refractivity contribution in [3.63, 3.8) is 0 Å². The molecule has 130 valence electrons. The van der Waals surface area contributed by atoms with Gasteiger partial charge in [0.15, 0.2) is 0 Å². The first-order valence-corrected chi connectivity index (χ1v) is 8.46. The third kappa shape index (κ3) is 6.09. The molecule has 1 aromatic rings. The molecule has 1 aliphatic rings. The van der Waals surface area contributed by atoms with Gasteiger partial charge in [-0.1, -0.05) is 6.42 Å². The second-order valence-electron chi connectivity index (χ2n) is 6.36. The van der Waals surface area contributed by atoms with E-state index in [-0.39, 0.29) is 5.82 Å². The standard InChI is InChI=1S/C18H28FNO3/c1-14-4-3-5-15(2)20(14)12-17(21)13-22-10-11-23-18-8-6-16(19)7-9-18/h6-9,14-15,17,21H,3-5,10-13H2,1-2H3/t14-,15-,17-/m0/s1. The van der Waals surface area contributed by atoms with Crippen molar-refractivity contribution in [1.29, 1.82) is 0 Å². The van der Waals surface area contributed by atoms with Gasteiger partial charge in [0.1, 0.15) is 18.2 Å². The van der Waals surface area contributed by atoms with Gasteiger partial charge in [0.2, 0.25) is 0 Å². The smallest absolute Gasteiger partial charge is 0.123 e. The number of hydrogen-bond acceptors (Lipinski definition) is 4. The SMILES string of the molecule is C[C@H]1CCC[C@H](C)N1C[C@H](O)COCCOc1ccc(F)cc1. The predicted octanol–water partition coefficient (Wildman–Crippen LogP) is 2.84. The van der Waals surface area contributed by atoms with Crippen molar-refractivity contribution >= 4 is 0 Å². The number of β-amino-alcohol motifs (C(OH)–C–C–N with tert-alkyl or cyclic N) is 1. The quantitative estimate of drug-likeness (QED) is 0.746. The Labute approximate surface area is 138 Å². The van der Waals surface area contributed by atoms with Crippen LogP contribution in [0.15, 0.2) is 24.3 Å². The number of likely N-dealkylation sites (tertiary alicyclic amines) is 1. The molecule has 1 saturated heterocycles. The minimum atomic E-state index is -0.483. The van der Waals surface area contributed by atoms with Gasteiger partial charge in [-0.25, -0.2) is 4.39 Å². The summed E-state index contributed by atoms with van der Waals surface area (Å²) >= 11 is 0. The van der Waals surface area contributed by atoms with E-state index in [4.69, 9.17) is 9.47 Å². The maximum Gasteiger partial charge on any atom is 0.123 e. The van der Waals surface area contributed by atoms with E-state index in [1.54, 1.807) is 12.1 Å². The summed E-state index contributed by atoms with van der Waals surface area (Å²) in [6.07, 6.45) is 3.18. The molecule has 1 fully saturated rings. The zero-order chi connectivity index (χ0) is 16.7. The Hall–Kier alpha value is -1.17. The Bertz CT molecular complexity index is 444. The number of halogens is 1. The summed E-state index contributed by atoms with van der Waals surface area (Å²) in [7, 11) is 0. The van der Waals surface area contributed by atoms with Crippen LogP contribution in [0.25, 0.3) is 0 Å². The summed E-state index contributed by atoms with van der Waals surface area (Å²) in [5.74, 6) is 0.337. The van der Waals surface area contributed by atoms with Crippen molar-refractivity contribution in [1.82, 2.24) is 4.90 Å². The second-order valence-corrected chi connectivity index (χ2v) is 6.36. The van der Waals surface area contributed by atoms with Crippen molar-refractivity contribution in [2.45, 2.75) is 51.3 Å². The minimum Gasteiger partial charge on any atom is -0.491 e. The molecule has 0 saturated carbocycles. The van der Waals surface area contributed by atoms with E-state index in [1.807, 2.05) is 0 Å². The molecule has 1 N–H and O–H groups in total. The number of piperidine rings is 1. The molecule has 2 rings (SSSR count). The summed E-state index contributed by atoms with van der Waals surface area (Å²) in [4.78, 5) is 2.37. The molecule has 0 unspecified atom stereocenters. The second kappa shape index (κ2) is 9.21. The van der Waals surface area contributed by atoms with Crippen LogP contribution in [0, 0.1) is 5.82 Å². The molecule has 0 aliphatic carbocycles. The first kappa shape index (κ1) is 18.2. The lowest BCUT2D eigenvalue weighted by molar-refractivity contribution is -0.0141. The van der Waals surface area contributed by atoms with E-state index in [2.05, 4.69) is 18.7 Å². The van der Waals surface area contributed by atoms with Crippen LogP contribution in [0.1, 0.15) is 33.1 Å². The van der Waals surface area contributed by atoms with Gasteiger partial charge in [-0.2, -0.15) is 0 Å². The monoisotopic (exact) mass is 325 g/mol. The van der Waals surface area contributed by atoms with Gasteiger partial charge in [0.05, 0.1) is 19.3 Å². The summed E-state index contributed by atoms with van der Waals surface area (Å²) in [5.41, 5.74) is 0. The molecule has 0 spiro atoms. The minimum absolute atomic E-state index is 0.280. The van der Waals surface area contributed by atoms with E-state index < -0.39 is 6.10 Å². The zero-order valence-electron chi connectivity index (χ0n) is 14.1. The van der Waals surface area contributed by atoms with Crippen molar-refractivity contribution in [3.05, 3.63) is 30.1 Å². The van der Waals surface area contributed by atoms with Crippen LogP contribution in [0.3, 0.4) is 0 Å². The van der Waals surface area contributed by atoms with Crippen LogP contribution in [0.5, 0.6) is 5.75 Å². The molecule has 5 heteroatoms. The predicted molar refractivity (Wildman–Crippen MR) is 88.2 cm³/mol. The first-order valence-electron chi connectivity index (χ1n) is 8.46. The van der Waals surface area contributed by atoms with Crippen LogP contribution in [-0.2, 0) is 4.74 Å². The van der Waals surface area contributed by atoms with Gasteiger partial charge >= 0.3 is 0 Å². The average Bonchev–Trinajstić information content (AvgIpc) is 2.52. The number of benzene rings is 1. The summed E-state index contributed by atoms with van der Waals surface area (Å²) in [5, 5.41) is 10.1. The van der Waals surface area contributed by atoms with Crippen molar-refractivity contribution in [3.8, 4) is 5.75 Å². The van der Waals surface area contributed by atoms with E-state index in [0.717, 1.165) is 0 Å². The van der Waals surface area contributed by atoms with Crippen LogP contribution in [0.4, 0.5) is 4.39 Å². The molecule has 0 amide bonds. The third-order valence-corrected chi connectivity index (χ3v) is 4.42. The number of aliphatic hydroxyl groups is 1. The first-order chi connectivity index (χ1) is 11.1. The largest absolute Gasteiger partial charge is 0.491 e. The van der Waals surface area contributed by atoms with Gasteiger partial charge in [0, 0.05) is 18.6 Å². The lowest BCUT2D eigenvalue weighted by Crippen LogP contribution is -2.48. The van der Waals surface area contributed by atoms with Gasteiger partial charge in [-0.05, 0) is 51.0 Å². The molecule has 0 bridgehead atoms. The summed E-state index contributed by atoms with van der Waals surface area (Å²) < 4.78 is 23.7. The Morgan fingerprint density at radius 1 is 1.17 bits per heavy atom. The van der Waals surface area contributed by atoms with Crippen LogP contribution < -0.4 is 4.74 Å². The van der Waals surface area contributed by atoms with Gasteiger partial charge in [-0.15, -0.1) is 0 Å². The van der Waals surface area contributed by atoms with Crippen molar-refractivity contribution in [2.24, 2.45) is 0 Å². The maximum atomic E-state index is 12.8. The molecule has 0 aromatic heterocycles. The fourth-order valence-corrected chi connectivity index (χ4v) is 3.10. The van der Waals surface area contributed by atoms with Crippen LogP contribution in [-0.4, -0.2) is 54.6 Å². The Kier molecular flexibility index (Phi) is 7.27. The number of rotatable bonds is 8. The number of hydrogen-bond donors (Lipinski definition) is 1. The molecule has 1 aliphatic heterocycles. The van der Waals surface area contributed by atoms with E-state index in [9.17, 15) is 9.50 Å². The Balaban J connectivity index is 1.59. The topological polar surface area (TPSA) is 41.9 Å². The van der Waals surface area contributed by atoms with E-state index >= 15 is 0 Å². The molecule has 1 aromatic carbocycles. The number of nitrogens with zero attached hydrogens (tertiary/aromatic N) is 1. The molecular weight excluding hydrogens is 297 g/mol.